The molecule has 2 aromatic carbocycles. The van der Waals surface area contributed by atoms with Gasteiger partial charge in [-0.05, 0) is 43.3 Å². The normalized spacial score (nSPS) is 16.0. The predicted octanol–water partition coefficient (Wildman–Crippen LogP) is 2.06. The van der Waals surface area contributed by atoms with Gasteiger partial charge < -0.3 is 15.0 Å². The van der Waals surface area contributed by atoms with E-state index in [2.05, 4.69) is 15.3 Å². The second kappa shape index (κ2) is 9.41. The number of carbonyl (C=O) groups is 1. The van der Waals surface area contributed by atoms with Crippen LogP contribution >= 0.6 is 11.8 Å². The van der Waals surface area contributed by atoms with E-state index < -0.39 is 15.3 Å². The number of amides is 1. The molecule has 32 heavy (non-hydrogen) atoms. The zero-order valence-corrected chi connectivity index (χ0v) is 18.9. The number of thioether (sulfide) groups is 1. The maximum absolute atomic E-state index is 12.7. The Labute approximate surface area is 189 Å². The summed E-state index contributed by atoms with van der Waals surface area (Å²) in [5.41, 5.74) is 0.773. The van der Waals surface area contributed by atoms with Crippen molar-refractivity contribution < 1.29 is 17.9 Å². The molecule has 1 fully saturated rings. The Hall–Kier alpha value is -2.73. The van der Waals surface area contributed by atoms with Crippen molar-refractivity contribution in [1.82, 2.24) is 14.3 Å². The van der Waals surface area contributed by atoms with Gasteiger partial charge in [0, 0.05) is 18.8 Å². The van der Waals surface area contributed by atoms with Crippen LogP contribution in [0.2, 0.25) is 0 Å². The highest BCUT2D eigenvalue weighted by atomic mass is 32.2. The van der Waals surface area contributed by atoms with Crippen molar-refractivity contribution in [2.75, 3.05) is 31.6 Å². The summed E-state index contributed by atoms with van der Waals surface area (Å²) in [7, 11) is -3.59. The van der Waals surface area contributed by atoms with Gasteiger partial charge in [0.25, 0.3) is 5.56 Å². The van der Waals surface area contributed by atoms with Crippen LogP contribution in [0.25, 0.3) is 10.9 Å². The van der Waals surface area contributed by atoms with Gasteiger partial charge >= 0.3 is 0 Å². The summed E-state index contributed by atoms with van der Waals surface area (Å²) in [6, 6.07) is 13.0. The number of benzene rings is 2. The number of carbonyl (C=O) groups excluding carboxylic acids is 1. The largest absolute Gasteiger partial charge is 0.379 e. The van der Waals surface area contributed by atoms with Crippen molar-refractivity contribution in [3.8, 4) is 0 Å². The Morgan fingerprint density at radius 2 is 1.84 bits per heavy atom. The molecule has 1 amide bonds. The third-order valence-electron chi connectivity index (χ3n) is 4.98. The van der Waals surface area contributed by atoms with E-state index in [1.807, 2.05) is 0 Å². The van der Waals surface area contributed by atoms with Crippen LogP contribution in [-0.2, 0) is 19.6 Å². The highest BCUT2D eigenvalue weighted by Crippen LogP contribution is 2.23. The summed E-state index contributed by atoms with van der Waals surface area (Å²) >= 11 is 1.13. The summed E-state index contributed by atoms with van der Waals surface area (Å²) in [6.45, 7) is 3.09. The lowest BCUT2D eigenvalue weighted by Crippen LogP contribution is -2.40. The number of aromatic nitrogens is 2. The summed E-state index contributed by atoms with van der Waals surface area (Å²) < 4.78 is 32.0. The summed E-state index contributed by atoms with van der Waals surface area (Å²) in [4.78, 5) is 32.1. The average molecular weight is 475 g/mol. The second-order valence-electron chi connectivity index (χ2n) is 7.18. The van der Waals surface area contributed by atoms with Crippen molar-refractivity contribution in [2.45, 2.75) is 22.2 Å². The standard InChI is InChI=1S/C21H22N4O5S2/c1-14(31-21-23-18-5-3-2-4-17(18)20(27)24-21)19(26)22-15-6-8-16(9-7-15)32(28,29)25-10-12-30-13-11-25/h2-9,14H,10-13H2,1H3,(H,22,26)(H,23,24,27)/t14-/m0/s1. The minimum atomic E-state index is -3.59. The van der Waals surface area contributed by atoms with Crippen LogP contribution in [0.1, 0.15) is 6.92 Å². The Morgan fingerprint density at radius 3 is 2.56 bits per heavy atom. The van der Waals surface area contributed by atoms with Crippen LogP contribution in [-0.4, -0.2) is 60.2 Å². The molecular formula is C21H22N4O5S2. The van der Waals surface area contributed by atoms with Crippen molar-refractivity contribution >= 4 is 44.3 Å². The van der Waals surface area contributed by atoms with Gasteiger partial charge in [0.15, 0.2) is 5.16 Å². The first-order valence-electron chi connectivity index (χ1n) is 9.99. The number of ether oxygens (including phenoxy) is 1. The molecule has 1 aliphatic heterocycles. The van der Waals surface area contributed by atoms with Gasteiger partial charge in [0.1, 0.15) is 0 Å². The van der Waals surface area contributed by atoms with Crippen LogP contribution in [0.15, 0.2) is 63.4 Å². The van der Waals surface area contributed by atoms with E-state index in [1.165, 1.54) is 16.4 Å². The third-order valence-corrected chi connectivity index (χ3v) is 7.88. The number of nitrogens with zero attached hydrogens (tertiary/aromatic N) is 2. The summed E-state index contributed by atoms with van der Waals surface area (Å²) in [6.07, 6.45) is 0. The molecule has 0 aliphatic carbocycles. The number of rotatable bonds is 6. The SMILES string of the molecule is C[C@H](Sc1nc2ccccc2c(=O)[nH]1)C(=O)Nc1ccc(S(=O)(=O)N2CCOCC2)cc1. The molecule has 11 heteroatoms. The molecule has 168 valence electrons. The van der Waals surface area contributed by atoms with E-state index >= 15 is 0 Å². The highest BCUT2D eigenvalue weighted by molar-refractivity contribution is 8.00. The molecule has 1 atom stereocenters. The number of aromatic amines is 1. The molecule has 0 saturated carbocycles. The topological polar surface area (TPSA) is 121 Å². The predicted molar refractivity (Wildman–Crippen MR) is 122 cm³/mol. The minimum Gasteiger partial charge on any atom is -0.379 e. The van der Waals surface area contributed by atoms with Crippen molar-refractivity contribution in [1.29, 1.82) is 0 Å². The van der Waals surface area contributed by atoms with E-state index in [9.17, 15) is 18.0 Å². The quantitative estimate of drug-likeness (QED) is 0.414. The number of fused-ring (bicyclic) bond motifs is 1. The molecule has 9 nitrogen and oxygen atoms in total. The molecule has 2 N–H and O–H groups in total. The lowest BCUT2D eigenvalue weighted by molar-refractivity contribution is -0.115. The maximum atomic E-state index is 12.7. The first-order chi connectivity index (χ1) is 15.3. The second-order valence-corrected chi connectivity index (χ2v) is 10.4. The van der Waals surface area contributed by atoms with Gasteiger partial charge in [0.05, 0.1) is 34.3 Å². The highest BCUT2D eigenvalue weighted by Gasteiger charge is 2.26. The minimum absolute atomic E-state index is 0.165. The van der Waals surface area contributed by atoms with Crippen molar-refractivity contribution in [2.24, 2.45) is 0 Å². The number of hydrogen-bond donors (Lipinski definition) is 2. The van der Waals surface area contributed by atoms with Gasteiger partial charge in [-0.25, -0.2) is 13.4 Å². The number of anilines is 1. The van der Waals surface area contributed by atoms with Crippen LogP contribution in [0.4, 0.5) is 5.69 Å². The van der Waals surface area contributed by atoms with Gasteiger partial charge in [-0.15, -0.1) is 0 Å². The van der Waals surface area contributed by atoms with Crippen LogP contribution < -0.4 is 10.9 Å². The molecule has 0 spiro atoms. The Morgan fingerprint density at radius 1 is 1.16 bits per heavy atom. The molecule has 4 rings (SSSR count). The van der Waals surface area contributed by atoms with E-state index in [0.717, 1.165) is 11.8 Å². The molecule has 0 radical (unpaired) electrons. The summed E-state index contributed by atoms with van der Waals surface area (Å²) in [5.74, 6) is -0.297. The van der Waals surface area contributed by atoms with Crippen LogP contribution in [0, 0.1) is 0 Å². The number of sulfonamides is 1. The lowest BCUT2D eigenvalue weighted by atomic mass is 10.2. The molecule has 2 heterocycles. The molecular weight excluding hydrogens is 452 g/mol. The zero-order valence-electron chi connectivity index (χ0n) is 17.3. The number of para-hydroxylation sites is 1. The van der Waals surface area contributed by atoms with E-state index in [0.29, 0.717) is 48.1 Å². The van der Waals surface area contributed by atoms with Crippen LogP contribution in [0.3, 0.4) is 0 Å². The zero-order chi connectivity index (χ0) is 22.7. The third kappa shape index (κ3) is 4.85. The van der Waals surface area contributed by atoms with Gasteiger partial charge in [0.2, 0.25) is 15.9 Å². The maximum Gasteiger partial charge on any atom is 0.259 e. The Bertz CT molecular complexity index is 1290. The molecule has 0 bridgehead atoms. The fourth-order valence-corrected chi connectivity index (χ4v) is 5.44. The van der Waals surface area contributed by atoms with E-state index in [4.69, 9.17) is 4.74 Å². The van der Waals surface area contributed by atoms with Crippen molar-refractivity contribution in [3.63, 3.8) is 0 Å². The molecule has 1 aromatic heterocycles. The lowest BCUT2D eigenvalue weighted by Gasteiger charge is -2.26. The van der Waals surface area contributed by atoms with Gasteiger partial charge in [-0.1, -0.05) is 23.9 Å². The Balaban J connectivity index is 1.42. The van der Waals surface area contributed by atoms with Crippen LogP contribution in [0.5, 0.6) is 0 Å². The van der Waals surface area contributed by atoms with E-state index in [-0.39, 0.29) is 16.4 Å². The Kier molecular flexibility index (Phi) is 6.60. The van der Waals surface area contributed by atoms with Gasteiger partial charge in [-0.3, -0.25) is 9.59 Å². The van der Waals surface area contributed by atoms with E-state index in [1.54, 1.807) is 43.3 Å². The number of nitrogens with one attached hydrogen (secondary N) is 2. The van der Waals surface area contributed by atoms with Crippen molar-refractivity contribution in [3.05, 3.63) is 58.9 Å². The monoisotopic (exact) mass is 474 g/mol. The number of H-pyrrole nitrogens is 1. The first kappa shape index (κ1) is 22.5. The fraction of sp³-hybridized carbons (Fsp3) is 0.286. The summed E-state index contributed by atoms with van der Waals surface area (Å²) in [5, 5.41) is 3.06. The fourth-order valence-electron chi connectivity index (χ4n) is 3.23. The first-order valence-corrected chi connectivity index (χ1v) is 12.3. The number of morpholine rings is 1. The smallest absolute Gasteiger partial charge is 0.259 e. The van der Waals surface area contributed by atoms with Gasteiger partial charge in [-0.2, -0.15) is 4.31 Å². The molecule has 3 aromatic rings. The average Bonchev–Trinajstić information content (AvgIpc) is 2.80. The number of hydrogen-bond acceptors (Lipinski definition) is 7. The molecule has 0 unspecified atom stereocenters. The molecule has 1 aliphatic rings. The molecule has 1 saturated heterocycles.